The summed E-state index contributed by atoms with van der Waals surface area (Å²) in [4.78, 5) is 0.0598. The van der Waals surface area contributed by atoms with Gasteiger partial charge in [-0.05, 0) is 51.6 Å². The molecular weight excluding hydrogens is 316 g/mol. The number of ether oxygens (including phenoxy) is 1. The van der Waals surface area contributed by atoms with Crippen molar-refractivity contribution < 1.29 is 27.2 Å². The van der Waals surface area contributed by atoms with E-state index in [1.165, 1.54) is 19.2 Å². The zero-order valence-electron chi connectivity index (χ0n) is 13.1. The van der Waals surface area contributed by atoms with Gasteiger partial charge in [-0.15, -0.1) is 0 Å². The fraction of sp³-hybridized carbons (Fsp3) is 0.571. The molecule has 1 fully saturated rings. The number of halogens is 3. The van der Waals surface area contributed by atoms with Crippen LogP contribution in [0.3, 0.4) is 0 Å². The Balaban J connectivity index is 2.30. The van der Waals surface area contributed by atoms with Crippen LogP contribution in [0.2, 0.25) is 0 Å². The van der Waals surface area contributed by atoms with Gasteiger partial charge in [0, 0.05) is 10.4 Å². The molecule has 8 heteroatoms. The first-order chi connectivity index (χ1) is 9.95. The SMILES string of the molecule is COc1cc(SC(F)(F)F)ccc1B1OC(C)(C)C(C)(C)O1. The maximum Gasteiger partial charge on any atom is 0.498 e. The fourth-order valence-corrected chi connectivity index (χ4v) is 2.62. The largest absolute Gasteiger partial charge is 0.498 e. The molecule has 0 bridgehead atoms. The molecule has 0 spiro atoms. The summed E-state index contributed by atoms with van der Waals surface area (Å²) in [6.45, 7) is 7.64. The highest BCUT2D eigenvalue weighted by molar-refractivity contribution is 8.00. The molecule has 1 heterocycles. The van der Waals surface area contributed by atoms with Crippen molar-refractivity contribution in [1.82, 2.24) is 0 Å². The number of hydrogen-bond donors (Lipinski definition) is 0. The van der Waals surface area contributed by atoms with E-state index in [-0.39, 0.29) is 16.7 Å². The van der Waals surface area contributed by atoms with E-state index in [2.05, 4.69) is 0 Å². The number of thioether (sulfide) groups is 1. The third-order valence-corrected chi connectivity index (χ3v) is 4.67. The molecule has 0 aromatic heterocycles. The van der Waals surface area contributed by atoms with Crippen molar-refractivity contribution in [3.05, 3.63) is 18.2 Å². The molecule has 0 atom stereocenters. The second kappa shape index (κ2) is 5.65. The highest BCUT2D eigenvalue weighted by Crippen LogP contribution is 2.39. The van der Waals surface area contributed by atoms with E-state index in [0.29, 0.717) is 11.2 Å². The Morgan fingerprint density at radius 3 is 2.09 bits per heavy atom. The Morgan fingerprint density at radius 2 is 1.64 bits per heavy atom. The Kier molecular flexibility index (Phi) is 4.50. The molecule has 0 aliphatic carbocycles. The van der Waals surface area contributed by atoms with E-state index < -0.39 is 23.8 Å². The zero-order chi connectivity index (χ0) is 16.8. The van der Waals surface area contributed by atoms with Crippen molar-refractivity contribution in [2.24, 2.45) is 0 Å². The van der Waals surface area contributed by atoms with E-state index in [9.17, 15) is 13.2 Å². The predicted molar refractivity (Wildman–Crippen MR) is 80.6 cm³/mol. The second-order valence-electron chi connectivity index (χ2n) is 6.04. The fourth-order valence-electron chi connectivity index (χ4n) is 2.05. The van der Waals surface area contributed by atoms with E-state index in [4.69, 9.17) is 14.0 Å². The Hall–Kier alpha value is -0.855. The standard InChI is InChI=1S/C14H18BF3O3S/c1-12(2)13(3,4)21-15(20-12)10-7-6-9(8-11(10)19-5)22-14(16,17)18/h6-8H,1-5H3. The summed E-state index contributed by atoms with van der Waals surface area (Å²) >= 11 is -0.181. The van der Waals surface area contributed by atoms with E-state index in [0.717, 1.165) is 0 Å². The van der Waals surface area contributed by atoms with Crippen molar-refractivity contribution in [1.29, 1.82) is 0 Å². The molecule has 22 heavy (non-hydrogen) atoms. The quantitative estimate of drug-likeness (QED) is 0.624. The summed E-state index contributed by atoms with van der Waals surface area (Å²) < 4.78 is 54.4. The van der Waals surface area contributed by atoms with Crippen molar-refractivity contribution in [3.63, 3.8) is 0 Å². The van der Waals surface area contributed by atoms with Crippen LogP contribution in [0, 0.1) is 0 Å². The molecule has 0 radical (unpaired) electrons. The predicted octanol–water partition coefficient (Wildman–Crippen LogP) is 3.61. The van der Waals surface area contributed by atoms with Gasteiger partial charge in [0.25, 0.3) is 0 Å². The topological polar surface area (TPSA) is 27.7 Å². The molecule has 1 aliphatic rings. The Labute approximate surface area is 132 Å². The summed E-state index contributed by atoms with van der Waals surface area (Å²) in [7, 11) is 0.733. The number of rotatable bonds is 3. The number of benzene rings is 1. The number of hydrogen-bond acceptors (Lipinski definition) is 4. The molecule has 0 unspecified atom stereocenters. The van der Waals surface area contributed by atoms with Crippen LogP contribution in [0.1, 0.15) is 27.7 Å². The van der Waals surface area contributed by atoms with Gasteiger partial charge < -0.3 is 14.0 Å². The van der Waals surface area contributed by atoms with Crippen LogP contribution >= 0.6 is 11.8 Å². The first-order valence-electron chi connectivity index (χ1n) is 6.74. The molecule has 1 aromatic rings. The van der Waals surface area contributed by atoms with Gasteiger partial charge >= 0.3 is 12.6 Å². The molecule has 1 aliphatic heterocycles. The molecule has 0 N–H and O–H groups in total. The first-order valence-corrected chi connectivity index (χ1v) is 7.56. The Morgan fingerprint density at radius 1 is 1.09 bits per heavy atom. The first kappa shape index (κ1) is 17.5. The minimum atomic E-state index is -4.34. The average molecular weight is 334 g/mol. The van der Waals surface area contributed by atoms with Gasteiger partial charge in [-0.25, -0.2) is 0 Å². The number of alkyl halides is 3. The van der Waals surface area contributed by atoms with Gasteiger partial charge in [-0.1, -0.05) is 6.07 Å². The third kappa shape index (κ3) is 3.55. The van der Waals surface area contributed by atoms with Crippen molar-refractivity contribution in [3.8, 4) is 5.75 Å². The summed E-state index contributed by atoms with van der Waals surface area (Å²) in [6.07, 6.45) is 0. The molecule has 0 saturated carbocycles. The summed E-state index contributed by atoms with van der Waals surface area (Å²) in [5.74, 6) is 0.313. The van der Waals surface area contributed by atoms with Crippen LogP contribution in [0.4, 0.5) is 13.2 Å². The van der Waals surface area contributed by atoms with Gasteiger partial charge in [-0.3, -0.25) is 0 Å². The second-order valence-corrected chi connectivity index (χ2v) is 7.18. The van der Waals surface area contributed by atoms with Crippen LogP contribution in [-0.4, -0.2) is 30.9 Å². The smallest absolute Gasteiger partial charge is 0.497 e. The lowest BCUT2D eigenvalue weighted by atomic mass is 9.78. The average Bonchev–Trinajstić information content (AvgIpc) is 2.56. The van der Waals surface area contributed by atoms with Gasteiger partial charge in [-0.2, -0.15) is 13.2 Å². The van der Waals surface area contributed by atoms with Crippen LogP contribution in [0.15, 0.2) is 23.1 Å². The minimum absolute atomic E-state index is 0.0598. The molecule has 122 valence electrons. The normalized spacial score (nSPS) is 20.3. The van der Waals surface area contributed by atoms with Crippen LogP contribution in [0.5, 0.6) is 5.75 Å². The highest BCUT2D eigenvalue weighted by atomic mass is 32.2. The maximum atomic E-state index is 12.5. The van der Waals surface area contributed by atoms with Crippen LogP contribution in [-0.2, 0) is 9.31 Å². The molecule has 0 amide bonds. The maximum absolute atomic E-state index is 12.5. The van der Waals surface area contributed by atoms with Gasteiger partial charge in [0.05, 0.1) is 18.3 Å². The zero-order valence-corrected chi connectivity index (χ0v) is 13.9. The monoisotopic (exact) mass is 334 g/mol. The highest BCUT2D eigenvalue weighted by Gasteiger charge is 2.52. The molecular formula is C14H18BF3O3S. The van der Waals surface area contributed by atoms with Crippen LogP contribution in [0.25, 0.3) is 0 Å². The van der Waals surface area contributed by atoms with Crippen molar-refractivity contribution in [2.45, 2.75) is 49.3 Å². The lowest BCUT2D eigenvalue weighted by Gasteiger charge is -2.32. The molecule has 2 rings (SSSR count). The molecule has 3 nitrogen and oxygen atoms in total. The van der Waals surface area contributed by atoms with Crippen molar-refractivity contribution in [2.75, 3.05) is 7.11 Å². The Bertz CT molecular complexity index is 545. The third-order valence-electron chi connectivity index (χ3n) is 3.95. The van der Waals surface area contributed by atoms with E-state index in [1.54, 1.807) is 6.07 Å². The van der Waals surface area contributed by atoms with Gasteiger partial charge in [0.15, 0.2) is 0 Å². The van der Waals surface area contributed by atoms with Crippen LogP contribution < -0.4 is 10.2 Å². The molecule has 1 aromatic carbocycles. The van der Waals surface area contributed by atoms with E-state index >= 15 is 0 Å². The minimum Gasteiger partial charge on any atom is -0.497 e. The summed E-state index contributed by atoms with van der Waals surface area (Å²) in [6, 6.07) is 4.29. The summed E-state index contributed by atoms with van der Waals surface area (Å²) in [5, 5.41) is 0. The lowest BCUT2D eigenvalue weighted by Crippen LogP contribution is -2.41. The molecule has 1 saturated heterocycles. The lowest BCUT2D eigenvalue weighted by molar-refractivity contribution is -0.0328. The summed E-state index contributed by atoms with van der Waals surface area (Å²) in [5.41, 5.74) is -4.81. The number of methoxy groups -OCH3 is 1. The van der Waals surface area contributed by atoms with Crippen molar-refractivity contribution >= 4 is 24.3 Å². The van der Waals surface area contributed by atoms with Gasteiger partial charge in [0.2, 0.25) is 0 Å². The van der Waals surface area contributed by atoms with Gasteiger partial charge in [0.1, 0.15) is 5.75 Å². The van der Waals surface area contributed by atoms with E-state index in [1.807, 2.05) is 27.7 Å².